The summed E-state index contributed by atoms with van der Waals surface area (Å²) in [6.07, 6.45) is 1.47. The summed E-state index contributed by atoms with van der Waals surface area (Å²) in [5, 5.41) is 10.4. The SMILES string of the molecule is O=C(c1ccc(F)cc1F)N1CCC([C@@H](O)Cc2ccccc2)CC1. The van der Waals surface area contributed by atoms with E-state index in [-0.39, 0.29) is 11.5 Å². The zero-order chi connectivity index (χ0) is 17.8. The van der Waals surface area contributed by atoms with Crippen LogP contribution < -0.4 is 0 Å². The topological polar surface area (TPSA) is 40.5 Å². The molecule has 5 heteroatoms. The van der Waals surface area contributed by atoms with Crippen LogP contribution in [0.25, 0.3) is 0 Å². The van der Waals surface area contributed by atoms with Gasteiger partial charge < -0.3 is 10.0 Å². The maximum absolute atomic E-state index is 13.8. The zero-order valence-electron chi connectivity index (χ0n) is 13.9. The lowest BCUT2D eigenvalue weighted by Gasteiger charge is -2.34. The fraction of sp³-hybridized carbons (Fsp3) is 0.350. The van der Waals surface area contributed by atoms with Crippen LogP contribution in [0.1, 0.15) is 28.8 Å². The Morgan fingerprint density at radius 1 is 1.12 bits per heavy atom. The monoisotopic (exact) mass is 345 g/mol. The summed E-state index contributed by atoms with van der Waals surface area (Å²) in [6, 6.07) is 12.8. The van der Waals surface area contributed by atoms with E-state index in [9.17, 15) is 18.7 Å². The van der Waals surface area contributed by atoms with Gasteiger partial charge in [-0.15, -0.1) is 0 Å². The zero-order valence-corrected chi connectivity index (χ0v) is 13.9. The average molecular weight is 345 g/mol. The van der Waals surface area contributed by atoms with Crippen LogP contribution in [-0.2, 0) is 6.42 Å². The van der Waals surface area contributed by atoms with E-state index in [2.05, 4.69) is 0 Å². The van der Waals surface area contributed by atoms with Crippen LogP contribution in [0.3, 0.4) is 0 Å². The number of piperidine rings is 1. The van der Waals surface area contributed by atoms with Crippen molar-refractivity contribution in [3.8, 4) is 0 Å². The third kappa shape index (κ3) is 4.23. The molecule has 0 radical (unpaired) electrons. The molecule has 0 aliphatic carbocycles. The van der Waals surface area contributed by atoms with Crippen molar-refractivity contribution in [3.63, 3.8) is 0 Å². The van der Waals surface area contributed by atoms with Crippen LogP contribution in [0.5, 0.6) is 0 Å². The highest BCUT2D eigenvalue weighted by Gasteiger charge is 2.29. The van der Waals surface area contributed by atoms with Crippen molar-refractivity contribution in [2.24, 2.45) is 5.92 Å². The third-order valence-electron chi connectivity index (χ3n) is 4.82. The maximum atomic E-state index is 13.8. The predicted molar refractivity (Wildman–Crippen MR) is 91.1 cm³/mol. The second kappa shape index (κ2) is 7.74. The Kier molecular flexibility index (Phi) is 5.43. The van der Waals surface area contributed by atoms with E-state index in [4.69, 9.17) is 0 Å². The summed E-state index contributed by atoms with van der Waals surface area (Å²) in [4.78, 5) is 14.0. The molecule has 1 fully saturated rings. The van der Waals surface area contributed by atoms with Gasteiger partial charge in [0.05, 0.1) is 11.7 Å². The Balaban J connectivity index is 1.57. The molecule has 2 aromatic rings. The maximum Gasteiger partial charge on any atom is 0.256 e. The molecule has 1 N–H and O–H groups in total. The molecule has 2 aromatic carbocycles. The van der Waals surface area contributed by atoms with Crippen LogP contribution in [-0.4, -0.2) is 35.1 Å². The first-order valence-corrected chi connectivity index (χ1v) is 8.51. The van der Waals surface area contributed by atoms with Gasteiger partial charge in [0.25, 0.3) is 5.91 Å². The number of aliphatic hydroxyl groups is 1. The first kappa shape index (κ1) is 17.5. The molecule has 1 atom stereocenters. The Morgan fingerprint density at radius 2 is 1.80 bits per heavy atom. The number of halogens is 2. The van der Waals surface area contributed by atoms with E-state index in [1.54, 1.807) is 4.90 Å². The van der Waals surface area contributed by atoms with Crippen molar-refractivity contribution in [2.75, 3.05) is 13.1 Å². The molecule has 25 heavy (non-hydrogen) atoms. The smallest absolute Gasteiger partial charge is 0.256 e. The Bertz CT molecular complexity index is 728. The minimum absolute atomic E-state index is 0.107. The van der Waals surface area contributed by atoms with Gasteiger partial charge in [-0.05, 0) is 42.9 Å². The molecular weight excluding hydrogens is 324 g/mol. The molecule has 1 saturated heterocycles. The van der Waals surface area contributed by atoms with Crippen molar-refractivity contribution >= 4 is 5.91 Å². The average Bonchev–Trinajstić information content (AvgIpc) is 2.62. The van der Waals surface area contributed by atoms with Crippen molar-refractivity contribution in [2.45, 2.75) is 25.4 Å². The van der Waals surface area contributed by atoms with E-state index in [1.807, 2.05) is 30.3 Å². The Morgan fingerprint density at radius 3 is 2.44 bits per heavy atom. The summed E-state index contributed by atoms with van der Waals surface area (Å²) < 4.78 is 26.8. The molecule has 1 amide bonds. The molecule has 3 rings (SSSR count). The first-order chi connectivity index (χ1) is 12.0. The van der Waals surface area contributed by atoms with Gasteiger partial charge in [-0.1, -0.05) is 30.3 Å². The molecule has 1 heterocycles. The number of carbonyl (C=O) groups is 1. The number of hydrogen-bond acceptors (Lipinski definition) is 2. The summed E-state index contributed by atoms with van der Waals surface area (Å²) >= 11 is 0. The van der Waals surface area contributed by atoms with E-state index in [1.165, 1.54) is 6.07 Å². The lowest BCUT2D eigenvalue weighted by molar-refractivity contribution is 0.0464. The number of likely N-dealkylation sites (tertiary alicyclic amines) is 1. The summed E-state index contributed by atoms with van der Waals surface area (Å²) in [7, 11) is 0. The van der Waals surface area contributed by atoms with Gasteiger partial charge in [0, 0.05) is 19.2 Å². The number of rotatable bonds is 4. The number of nitrogens with zero attached hydrogens (tertiary/aromatic N) is 1. The fourth-order valence-corrected chi connectivity index (χ4v) is 3.34. The highest BCUT2D eigenvalue weighted by Crippen LogP contribution is 2.24. The summed E-state index contributed by atoms with van der Waals surface area (Å²) in [6.45, 7) is 0.929. The molecule has 3 nitrogen and oxygen atoms in total. The molecule has 0 unspecified atom stereocenters. The quantitative estimate of drug-likeness (QED) is 0.922. The molecule has 132 valence electrons. The third-order valence-corrected chi connectivity index (χ3v) is 4.82. The highest BCUT2D eigenvalue weighted by atomic mass is 19.1. The van der Waals surface area contributed by atoms with E-state index in [0.29, 0.717) is 32.4 Å². The lowest BCUT2D eigenvalue weighted by atomic mass is 9.87. The number of amides is 1. The van der Waals surface area contributed by atoms with Gasteiger partial charge in [-0.2, -0.15) is 0 Å². The molecule has 1 aliphatic heterocycles. The lowest BCUT2D eigenvalue weighted by Crippen LogP contribution is -2.42. The van der Waals surface area contributed by atoms with Crippen LogP contribution >= 0.6 is 0 Å². The molecule has 1 aliphatic rings. The van der Waals surface area contributed by atoms with Crippen LogP contribution in [0, 0.1) is 17.6 Å². The van der Waals surface area contributed by atoms with Crippen molar-refractivity contribution in [1.29, 1.82) is 0 Å². The van der Waals surface area contributed by atoms with Crippen molar-refractivity contribution < 1.29 is 18.7 Å². The van der Waals surface area contributed by atoms with E-state index in [0.717, 1.165) is 17.7 Å². The van der Waals surface area contributed by atoms with Gasteiger partial charge in [0.15, 0.2) is 0 Å². The molecule has 0 spiro atoms. The van der Waals surface area contributed by atoms with Gasteiger partial charge in [0.1, 0.15) is 11.6 Å². The van der Waals surface area contributed by atoms with Crippen LogP contribution in [0.4, 0.5) is 8.78 Å². The predicted octanol–water partition coefficient (Wildman–Crippen LogP) is 3.42. The van der Waals surface area contributed by atoms with Gasteiger partial charge >= 0.3 is 0 Å². The van der Waals surface area contributed by atoms with Gasteiger partial charge in [-0.3, -0.25) is 4.79 Å². The van der Waals surface area contributed by atoms with Gasteiger partial charge in [-0.25, -0.2) is 8.78 Å². The molecular formula is C20H21F2NO2. The highest BCUT2D eigenvalue weighted by molar-refractivity contribution is 5.94. The second-order valence-corrected chi connectivity index (χ2v) is 6.51. The summed E-state index contributed by atoms with van der Waals surface area (Å²) in [5.74, 6) is -1.84. The Hall–Kier alpha value is -2.27. The van der Waals surface area contributed by atoms with Crippen LogP contribution in [0.2, 0.25) is 0 Å². The largest absolute Gasteiger partial charge is 0.392 e. The second-order valence-electron chi connectivity index (χ2n) is 6.51. The van der Waals surface area contributed by atoms with Crippen molar-refractivity contribution in [3.05, 3.63) is 71.3 Å². The number of hydrogen-bond donors (Lipinski definition) is 1. The minimum atomic E-state index is -0.837. The van der Waals surface area contributed by atoms with Crippen LogP contribution in [0.15, 0.2) is 48.5 Å². The molecule has 0 bridgehead atoms. The standard InChI is InChI=1S/C20H21F2NO2/c21-16-6-7-17(18(22)13-16)20(25)23-10-8-15(9-11-23)19(24)12-14-4-2-1-3-5-14/h1-7,13,15,19,24H,8-12H2/t19-/m0/s1. The van der Waals surface area contributed by atoms with E-state index < -0.39 is 23.6 Å². The van der Waals surface area contributed by atoms with E-state index >= 15 is 0 Å². The molecule has 0 saturated carbocycles. The molecule has 0 aromatic heterocycles. The van der Waals surface area contributed by atoms with Gasteiger partial charge in [0.2, 0.25) is 0 Å². The normalized spacial score (nSPS) is 16.7. The number of benzene rings is 2. The minimum Gasteiger partial charge on any atom is -0.392 e. The Labute approximate surface area is 145 Å². The first-order valence-electron chi connectivity index (χ1n) is 8.51. The summed E-state index contributed by atoms with van der Waals surface area (Å²) in [5.41, 5.74) is 0.978. The van der Waals surface area contributed by atoms with Crippen molar-refractivity contribution in [1.82, 2.24) is 4.90 Å². The number of carbonyl (C=O) groups excluding carboxylic acids is 1. The fourth-order valence-electron chi connectivity index (χ4n) is 3.34. The number of aliphatic hydroxyl groups excluding tert-OH is 1.